The number of aryl methyl sites for hydroxylation is 1. The third kappa shape index (κ3) is 3.96. The average molecular weight is 339 g/mol. The minimum Gasteiger partial charge on any atom is -0.356 e. The number of rotatable bonds is 4. The number of thiocarbonyl (C=S) groups is 1. The molecule has 0 bridgehead atoms. The lowest BCUT2D eigenvalue weighted by atomic mass is 9.88. The molecule has 0 saturated carbocycles. The Hall–Kier alpha value is -1.87. The van der Waals surface area contributed by atoms with Gasteiger partial charge in [-0.25, -0.2) is 0 Å². The van der Waals surface area contributed by atoms with Crippen molar-refractivity contribution in [2.75, 3.05) is 5.32 Å². The summed E-state index contributed by atoms with van der Waals surface area (Å²) in [4.78, 5) is 0. The second kappa shape index (κ2) is 7.80. The van der Waals surface area contributed by atoms with E-state index in [9.17, 15) is 0 Å². The minimum atomic E-state index is 0.314. The highest BCUT2D eigenvalue weighted by Gasteiger charge is 2.20. The SMILES string of the molecule is CCC(C)c1ccc(NC(=S)NC2CCCc3ccccc32)cc1. The first-order valence-corrected chi connectivity index (χ1v) is 9.33. The van der Waals surface area contributed by atoms with Crippen LogP contribution in [0, 0.1) is 0 Å². The molecular weight excluding hydrogens is 312 g/mol. The lowest BCUT2D eigenvalue weighted by Crippen LogP contribution is -2.34. The summed E-state index contributed by atoms with van der Waals surface area (Å²) in [7, 11) is 0. The Labute approximate surface area is 150 Å². The monoisotopic (exact) mass is 338 g/mol. The van der Waals surface area contributed by atoms with E-state index in [0.717, 1.165) is 18.5 Å². The van der Waals surface area contributed by atoms with E-state index in [1.54, 1.807) is 0 Å². The van der Waals surface area contributed by atoms with Gasteiger partial charge in [-0.3, -0.25) is 0 Å². The fourth-order valence-corrected chi connectivity index (χ4v) is 3.62. The van der Waals surface area contributed by atoms with E-state index in [-0.39, 0.29) is 0 Å². The summed E-state index contributed by atoms with van der Waals surface area (Å²) in [6, 6.07) is 17.6. The maximum absolute atomic E-state index is 5.53. The molecule has 3 heteroatoms. The zero-order chi connectivity index (χ0) is 16.9. The van der Waals surface area contributed by atoms with Gasteiger partial charge in [-0.05, 0) is 72.6 Å². The first-order valence-electron chi connectivity index (χ1n) is 8.92. The van der Waals surface area contributed by atoms with Gasteiger partial charge in [0.1, 0.15) is 0 Å². The Bertz CT molecular complexity index is 693. The third-order valence-electron chi connectivity index (χ3n) is 5.02. The summed E-state index contributed by atoms with van der Waals surface area (Å²) >= 11 is 5.53. The Morgan fingerprint density at radius 1 is 1.17 bits per heavy atom. The summed E-state index contributed by atoms with van der Waals surface area (Å²) in [5.74, 6) is 0.600. The molecule has 1 aliphatic carbocycles. The van der Waals surface area contributed by atoms with E-state index in [1.807, 2.05) is 0 Å². The normalized spacial score (nSPS) is 17.7. The molecular formula is C21H26N2S. The van der Waals surface area contributed by atoms with Crippen molar-refractivity contribution in [1.82, 2.24) is 5.32 Å². The van der Waals surface area contributed by atoms with E-state index in [0.29, 0.717) is 17.1 Å². The highest BCUT2D eigenvalue weighted by Crippen LogP contribution is 2.29. The van der Waals surface area contributed by atoms with Crippen molar-refractivity contribution < 1.29 is 0 Å². The van der Waals surface area contributed by atoms with Gasteiger partial charge in [-0.2, -0.15) is 0 Å². The van der Waals surface area contributed by atoms with Gasteiger partial charge < -0.3 is 10.6 Å². The fraction of sp³-hybridized carbons (Fsp3) is 0.381. The third-order valence-corrected chi connectivity index (χ3v) is 5.24. The standard InChI is InChI=1S/C21H26N2S/c1-3-15(2)16-11-13-18(14-12-16)22-21(24)23-20-10-6-8-17-7-4-5-9-19(17)20/h4-5,7,9,11-15,20H,3,6,8,10H2,1-2H3,(H2,22,23,24). The molecule has 3 rings (SSSR count). The van der Waals surface area contributed by atoms with Crippen molar-refractivity contribution in [3.63, 3.8) is 0 Å². The molecule has 2 N–H and O–H groups in total. The van der Waals surface area contributed by atoms with Crippen LogP contribution in [0.5, 0.6) is 0 Å². The van der Waals surface area contributed by atoms with Gasteiger partial charge in [0, 0.05) is 5.69 Å². The lowest BCUT2D eigenvalue weighted by Gasteiger charge is -2.27. The number of nitrogens with one attached hydrogen (secondary N) is 2. The number of hydrogen-bond donors (Lipinski definition) is 2. The van der Waals surface area contributed by atoms with E-state index in [4.69, 9.17) is 12.2 Å². The molecule has 0 heterocycles. The second-order valence-electron chi connectivity index (χ2n) is 6.67. The number of benzene rings is 2. The summed E-state index contributed by atoms with van der Waals surface area (Å²) < 4.78 is 0. The number of hydrogen-bond acceptors (Lipinski definition) is 1. The van der Waals surface area contributed by atoms with Gasteiger partial charge in [-0.15, -0.1) is 0 Å². The quantitative estimate of drug-likeness (QED) is 0.713. The first-order chi connectivity index (χ1) is 11.7. The van der Waals surface area contributed by atoms with Crippen LogP contribution in [0.4, 0.5) is 5.69 Å². The Balaban J connectivity index is 1.62. The summed E-state index contributed by atoms with van der Waals surface area (Å²) in [5, 5.41) is 7.52. The van der Waals surface area contributed by atoms with E-state index >= 15 is 0 Å². The van der Waals surface area contributed by atoms with E-state index in [2.05, 4.69) is 73.0 Å². The highest BCUT2D eigenvalue weighted by molar-refractivity contribution is 7.80. The Kier molecular flexibility index (Phi) is 5.52. The summed E-state index contributed by atoms with van der Waals surface area (Å²) in [6.07, 6.45) is 4.67. The van der Waals surface area contributed by atoms with E-state index in [1.165, 1.54) is 29.5 Å². The van der Waals surface area contributed by atoms with Crippen molar-refractivity contribution in [1.29, 1.82) is 0 Å². The van der Waals surface area contributed by atoms with Crippen molar-refractivity contribution in [2.24, 2.45) is 0 Å². The molecule has 0 spiro atoms. The van der Waals surface area contributed by atoms with Gasteiger partial charge in [-0.1, -0.05) is 50.2 Å². The Morgan fingerprint density at radius 2 is 1.92 bits per heavy atom. The highest BCUT2D eigenvalue weighted by atomic mass is 32.1. The maximum atomic E-state index is 5.53. The average Bonchev–Trinajstić information content (AvgIpc) is 2.62. The zero-order valence-corrected chi connectivity index (χ0v) is 15.3. The topological polar surface area (TPSA) is 24.1 Å². The zero-order valence-electron chi connectivity index (χ0n) is 14.5. The summed E-state index contributed by atoms with van der Waals surface area (Å²) in [6.45, 7) is 4.48. The molecule has 2 nitrogen and oxygen atoms in total. The van der Waals surface area contributed by atoms with Crippen LogP contribution in [0.1, 0.15) is 61.8 Å². The Morgan fingerprint density at radius 3 is 2.67 bits per heavy atom. The lowest BCUT2D eigenvalue weighted by molar-refractivity contribution is 0.529. The second-order valence-corrected chi connectivity index (χ2v) is 7.08. The van der Waals surface area contributed by atoms with Crippen molar-refractivity contribution in [3.8, 4) is 0 Å². The fourth-order valence-electron chi connectivity index (χ4n) is 3.36. The molecule has 0 radical (unpaired) electrons. The maximum Gasteiger partial charge on any atom is 0.171 e. The molecule has 2 atom stereocenters. The van der Waals surface area contributed by atoms with Crippen LogP contribution in [0.3, 0.4) is 0 Å². The van der Waals surface area contributed by atoms with Crippen LogP contribution < -0.4 is 10.6 Å². The van der Waals surface area contributed by atoms with E-state index < -0.39 is 0 Å². The van der Waals surface area contributed by atoms with Crippen molar-refractivity contribution in [3.05, 3.63) is 65.2 Å². The predicted octanol–water partition coefficient (Wildman–Crippen LogP) is 5.56. The molecule has 2 aromatic carbocycles. The molecule has 2 unspecified atom stereocenters. The van der Waals surface area contributed by atoms with Crippen LogP contribution in [-0.4, -0.2) is 5.11 Å². The number of fused-ring (bicyclic) bond motifs is 1. The minimum absolute atomic E-state index is 0.314. The van der Waals surface area contributed by atoms with Gasteiger partial charge in [0.05, 0.1) is 6.04 Å². The number of anilines is 1. The van der Waals surface area contributed by atoms with Gasteiger partial charge in [0.25, 0.3) is 0 Å². The van der Waals surface area contributed by atoms with Crippen LogP contribution in [-0.2, 0) is 6.42 Å². The molecule has 0 aromatic heterocycles. The molecule has 24 heavy (non-hydrogen) atoms. The van der Waals surface area contributed by atoms with Gasteiger partial charge >= 0.3 is 0 Å². The molecule has 2 aromatic rings. The van der Waals surface area contributed by atoms with Crippen LogP contribution in [0.15, 0.2) is 48.5 Å². The van der Waals surface area contributed by atoms with Crippen LogP contribution in [0.2, 0.25) is 0 Å². The van der Waals surface area contributed by atoms with Gasteiger partial charge in [0.15, 0.2) is 5.11 Å². The van der Waals surface area contributed by atoms with Crippen LogP contribution in [0.25, 0.3) is 0 Å². The first kappa shape index (κ1) is 17.0. The molecule has 0 saturated heterocycles. The van der Waals surface area contributed by atoms with Crippen molar-refractivity contribution >= 4 is 23.0 Å². The summed E-state index contributed by atoms with van der Waals surface area (Å²) in [5.41, 5.74) is 5.26. The smallest absolute Gasteiger partial charge is 0.171 e. The molecule has 0 aliphatic heterocycles. The molecule has 126 valence electrons. The van der Waals surface area contributed by atoms with Gasteiger partial charge in [0.2, 0.25) is 0 Å². The van der Waals surface area contributed by atoms with Crippen molar-refractivity contribution in [2.45, 2.75) is 51.5 Å². The largest absolute Gasteiger partial charge is 0.356 e. The molecule has 0 fully saturated rings. The van der Waals surface area contributed by atoms with Crippen LogP contribution >= 0.6 is 12.2 Å². The molecule has 1 aliphatic rings. The molecule has 0 amide bonds. The predicted molar refractivity (Wildman–Crippen MR) is 107 cm³/mol.